The second-order valence-electron chi connectivity index (χ2n) is 5.41. The highest BCUT2D eigenvalue weighted by molar-refractivity contribution is 8.01. The minimum absolute atomic E-state index is 0.277. The molecular weight excluding hydrogens is 372 g/mol. The summed E-state index contributed by atoms with van der Waals surface area (Å²) in [7, 11) is -3.55. The number of sulfone groups is 1. The predicted octanol–water partition coefficient (Wildman–Crippen LogP) is 4.85. The van der Waals surface area contributed by atoms with Gasteiger partial charge in [0.25, 0.3) is 0 Å². The van der Waals surface area contributed by atoms with Crippen LogP contribution < -0.4 is 0 Å². The number of hydrogen-bond acceptors (Lipinski definition) is 5. The van der Waals surface area contributed by atoms with Crippen LogP contribution in [0.5, 0.6) is 0 Å². The van der Waals surface area contributed by atoms with Crippen molar-refractivity contribution in [2.45, 2.75) is 14.0 Å². The maximum Gasteiger partial charge on any atom is 0.208 e. The van der Waals surface area contributed by atoms with E-state index in [9.17, 15) is 8.42 Å². The second kappa shape index (κ2) is 6.33. The molecule has 25 heavy (non-hydrogen) atoms. The molecule has 4 rings (SSSR count). The molecule has 126 valence electrons. The maximum absolute atomic E-state index is 13.0. The number of H-pyrrole nitrogens is 1. The SMILES string of the molecule is CSc1sccc1S(=O)(=O)c1cccc(-c2nc3ccccc3[nH]2)c1. The normalized spacial score (nSPS) is 11.9. The molecule has 2 aromatic heterocycles. The van der Waals surface area contributed by atoms with Crippen LogP contribution in [0.1, 0.15) is 0 Å². The van der Waals surface area contributed by atoms with E-state index in [1.54, 1.807) is 24.3 Å². The minimum atomic E-state index is -3.55. The smallest absolute Gasteiger partial charge is 0.208 e. The van der Waals surface area contributed by atoms with Crippen molar-refractivity contribution < 1.29 is 8.42 Å². The molecule has 0 atom stereocenters. The highest BCUT2D eigenvalue weighted by atomic mass is 32.2. The zero-order valence-electron chi connectivity index (χ0n) is 13.3. The number of aromatic nitrogens is 2. The lowest BCUT2D eigenvalue weighted by Crippen LogP contribution is -2.02. The van der Waals surface area contributed by atoms with Crippen LogP contribution in [0.2, 0.25) is 0 Å². The monoisotopic (exact) mass is 386 g/mol. The second-order valence-corrected chi connectivity index (χ2v) is 9.32. The zero-order chi connectivity index (χ0) is 17.4. The molecule has 4 nitrogen and oxygen atoms in total. The fourth-order valence-electron chi connectivity index (χ4n) is 2.66. The van der Waals surface area contributed by atoms with Crippen LogP contribution in [0, 0.1) is 0 Å². The summed E-state index contributed by atoms with van der Waals surface area (Å²) in [5.74, 6) is 0.661. The van der Waals surface area contributed by atoms with Gasteiger partial charge in [-0.2, -0.15) is 0 Å². The molecule has 1 N–H and O–H groups in total. The Bertz CT molecular complexity index is 1130. The first-order chi connectivity index (χ1) is 12.1. The number of benzene rings is 2. The van der Waals surface area contributed by atoms with Crippen molar-refractivity contribution in [3.63, 3.8) is 0 Å². The Hall–Kier alpha value is -2.09. The molecule has 0 amide bonds. The number of hydrogen-bond donors (Lipinski definition) is 1. The summed E-state index contributed by atoms with van der Waals surface area (Å²) < 4.78 is 26.8. The molecule has 2 aromatic carbocycles. The van der Waals surface area contributed by atoms with E-state index < -0.39 is 9.84 Å². The van der Waals surface area contributed by atoms with E-state index in [4.69, 9.17) is 0 Å². The molecule has 0 saturated heterocycles. The largest absolute Gasteiger partial charge is 0.338 e. The van der Waals surface area contributed by atoms with Gasteiger partial charge < -0.3 is 4.98 Å². The Morgan fingerprint density at radius 3 is 2.72 bits per heavy atom. The summed E-state index contributed by atoms with van der Waals surface area (Å²) >= 11 is 2.89. The van der Waals surface area contributed by atoms with Crippen LogP contribution in [0.3, 0.4) is 0 Å². The van der Waals surface area contributed by atoms with E-state index in [-0.39, 0.29) is 4.90 Å². The summed E-state index contributed by atoms with van der Waals surface area (Å²) in [6.45, 7) is 0. The Morgan fingerprint density at radius 2 is 1.92 bits per heavy atom. The van der Waals surface area contributed by atoms with Crippen LogP contribution in [0.4, 0.5) is 0 Å². The van der Waals surface area contributed by atoms with Gasteiger partial charge in [0.2, 0.25) is 9.84 Å². The third-order valence-electron chi connectivity index (χ3n) is 3.88. The van der Waals surface area contributed by atoms with Crippen molar-refractivity contribution in [1.29, 1.82) is 0 Å². The van der Waals surface area contributed by atoms with Crippen molar-refractivity contribution in [1.82, 2.24) is 9.97 Å². The summed E-state index contributed by atoms with van der Waals surface area (Å²) in [5, 5.41) is 1.81. The van der Waals surface area contributed by atoms with Crippen molar-refractivity contribution in [2.24, 2.45) is 0 Å². The topological polar surface area (TPSA) is 62.8 Å². The van der Waals surface area contributed by atoms with Crippen molar-refractivity contribution >= 4 is 44.0 Å². The number of thiophene rings is 1. The number of aromatic amines is 1. The molecule has 0 aliphatic rings. The molecule has 0 fully saturated rings. The van der Waals surface area contributed by atoms with Gasteiger partial charge in [-0.25, -0.2) is 13.4 Å². The van der Waals surface area contributed by atoms with Gasteiger partial charge in [0.15, 0.2) is 0 Å². The fraction of sp³-hybridized carbons (Fsp3) is 0.0556. The quantitative estimate of drug-likeness (QED) is 0.510. The predicted molar refractivity (Wildman–Crippen MR) is 103 cm³/mol. The molecule has 0 unspecified atom stereocenters. The van der Waals surface area contributed by atoms with Crippen molar-refractivity contribution in [3.8, 4) is 11.4 Å². The Balaban J connectivity index is 1.82. The first-order valence-corrected chi connectivity index (χ1v) is 11.1. The number of rotatable bonds is 4. The molecule has 0 spiro atoms. The molecule has 2 heterocycles. The molecule has 0 saturated carbocycles. The van der Waals surface area contributed by atoms with Crippen LogP contribution in [-0.4, -0.2) is 24.6 Å². The number of nitrogens with one attached hydrogen (secondary N) is 1. The van der Waals surface area contributed by atoms with E-state index in [1.807, 2.05) is 42.0 Å². The molecular formula is C18H14N2O2S3. The highest BCUT2D eigenvalue weighted by Crippen LogP contribution is 2.35. The first-order valence-electron chi connectivity index (χ1n) is 7.51. The first kappa shape index (κ1) is 16.4. The number of thioether (sulfide) groups is 1. The molecule has 7 heteroatoms. The Morgan fingerprint density at radius 1 is 1.08 bits per heavy atom. The number of nitrogens with zero attached hydrogens (tertiary/aromatic N) is 1. The standard InChI is InChI=1S/C18H14N2O2S3/c1-23-18-16(9-10-24-18)25(21,22)13-6-4-5-12(11-13)17-19-14-7-2-3-8-15(14)20-17/h2-11H,1H3,(H,19,20). The summed E-state index contributed by atoms with van der Waals surface area (Å²) in [6.07, 6.45) is 1.88. The average Bonchev–Trinajstić information content (AvgIpc) is 3.28. The number of para-hydroxylation sites is 2. The molecule has 0 aliphatic heterocycles. The highest BCUT2D eigenvalue weighted by Gasteiger charge is 2.23. The van der Waals surface area contributed by atoms with Gasteiger partial charge in [0.1, 0.15) is 5.82 Å². The lowest BCUT2D eigenvalue weighted by atomic mass is 10.2. The van der Waals surface area contributed by atoms with Crippen LogP contribution in [0.15, 0.2) is 74.0 Å². The lowest BCUT2D eigenvalue weighted by molar-refractivity contribution is 0.595. The van der Waals surface area contributed by atoms with Gasteiger partial charge in [0, 0.05) is 5.56 Å². The molecule has 0 aliphatic carbocycles. The van der Waals surface area contributed by atoms with Crippen molar-refractivity contribution in [2.75, 3.05) is 6.26 Å². The van der Waals surface area contributed by atoms with Gasteiger partial charge >= 0.3 is 0 Å². The van der Waals surface area contributed by atoms with Crippen LogP contribution in [-0.2, 0) is 9.84 Å². The van der Waals surface area contributed by atoms with Gasteiger partial charge in [-0.15, -0.1) is 23.1 Å². The van der Waals surface area contributed by atoms with Gasteiger partial charge in [-0.3, -0.25) is 0 Å². The average molecular weight is 387 g/mol. The Labute approximate surface area is 153 Å². The Kier molecular flexibility index (Phi) is 4.15. The van der Waals surface area contributed by atoms with E-state index >= 15 is 0 Å². The van der Waals surface area contributed by atoms with E-state index in [0.717, 1.165) is 20.8 Å². The molecule has 4 aromatic rings. The van der Waals surface area contributed by atoms with Crippen molar-refractivity contribution in [3.05, 3.63) is 60.0 Å². The van der Waals surface area contributed by atoms with Gasteiger partial charge in [0.05, 0.1) is 25.0 Å². The van der Waals surface area contributed by atoms with E-state index in [0.29, 0.717) is 10.7 Å². The lowest BCUT2D eigenvalue weighted by Gasteiger charge is -2.06. The summed E-state index contributed by atoms with van der Waals surface area (Å²) in [4.78, 5) is 8.43. The summed E-state index contributed by atoms with van der Waals surface area (Å²) in [6, 6.07) is 16.3. The van der Waals surface area contributed by atoms with Crippen LogP contribution in [0.25, 0.3) is 22.4 Å². The van der Waals surface area contributed by atoms with E-state index in [2.05, 4.69) is 9.97 Å². The number of fused-ring (bicyclic) bond motifs is 1. The zero-order valence-corrected chi connectivity index (χ0v) is 15.7. The van der Waals surface area contributed by atoms with Gasteiger partial charge in [-0.1, -0.05) is 24.3 Å². The molecule has 0 bridgehead atoms. The third-order valence-corrected chi connectivity index (χ3v) is 8.02. The molecule has 0 radical (unpaired) electrons. The van der Waals surface area contributed by atoms with Gasteiger partial charge in [-0.05, 0) is 42.0 Å². The third kappa shape index (κ3) is 2.88. The number of imidazole rings is 1. The van der Waals surface area contributed by atoms with E-state index in [1.165, 1.54) is 23.1 Å². The fourth-order valence-corrected chi connectivity index (χ4v) is 6.39. The maximum atomic E-state index is 13.0. The minimum Gasteiger partial charge on any atom is -0.338 e. The van der Waals surface area contributed by atoms with Crippen LogP contribution >= 0.6 is 23.1 Å². The summed E-state index contributed by atoms with van der Waals surface area (Å²) in [5.41, 5.74) is 2.53.